The van der Waals surface area contributed by atoms with Crippen LogP contribution < -0.4 is 50.3 Å². The number of hydrogen-bond acceptors (Lipinski definition) is 32. The molecule has 0 atom stereocenters. The minimum atomic E-state index is 0.128. The summed E-state index contributed by atoms with van der Waals surface area (Å²) in [6.45, 7) is 12.0. The van der Waals surface area contributed by atoms with Gasteiger partial charge in [-0.15, -0.1) is 11.3 Å². The first kappa shape index (κ1) is 83.4. The number of furan rings is 1. The minimum Gasteiger partial charge on any atom is -0.467 e. The Labute approximate surface area is 699 Å². The third-order valence-electron chi connectivity index (χ3n) is 18.2. The Hall–Kier alpha value is -11.5. The predicted molar refractivity (Wildman–Crippen MR) is 448 cm³/mol. The average Bonchev–Trinajstić information content (AvgIpc) is 1.67. The molecule has 2 fully saturated rings. The molecule has 7 N–H and O–H groups in total. The first-order chi connectivity index (χ1) is 57.1. The lowest BCUT2D eigenvalue weighted by Crippen LogP contribution is -2.08. The number of hydrogen-bond donors (Lipinski definition) is 7. The molecule has 2 aliphatic carbocycles. The highest BCUT2D eigenvalue weighted by Gasteiger charge is 2.24. The molecule has 15 aromatic heterocycles. The van der Waals surface area contributed by atoms with Gasteiger partial charge < -0.3 is 64.7 Å². The van der Waals surface area contributed by atoms with E-state index in [9.17, 15) is 0 Å². The van der Waals surface area contributed by atoms with Crippen LogP contribution in [-0.4, -0.2) is 156 Å². The lowest BCUT2D eigenvalue weighted by Gasteiger charge is -2.08. The zero-order valence-corrected chi connectivity index (χ0v) is 69.4. The topological polar surface area (TPSA) is 424 Å². The van der Waals surface area contributed by atoms with Crippen LogP contribution in [0.1, 0.15) is 119 Å². The maximum atomic E-state index is 6.03. The van der Waals surface area contributed by atoms with E-state index >= 15 is 0 Å². The Bertz CT molecular complexity index is 5510. The van der Waals surface area contributed by atoms with Crippen LogP contribution >= 0.6 is 69.3 Å². The first-order valence-electron chi connectivity index (χ1n) is 37.9. The highest BCUT2D eigenvalue weighted by atomic mass is 35.5. The maximum Gasteiger partial charge on any atom is 0.298 e. The van der Waals surface area contributed by atoms with Crippen LogP contribution in [0.2, 0.25) is 26.4 Å². The van der Waals surface area contributed by atoms with Crippen molar-refractivity contribution < 1.29 is 28.1 Å². The molecule has 0 saturated heterocycles. The van der Waals surface area contributed by atoms with Crippen molar-refractivity contribution in [2.75, 3.05) is 59.6 Å². The van der Waals surface area contributed by atoms with E-state index in [1.807, 2.05) is 103 Å². The summed E-state index contributed by atoms with van der Waals surface area (Å²) >= 11 is 31.6. The van der Waals surface area contributed by atoms with E-state index in [0.717, 1.165) is 63.4 Å². The van der Waals surface area contributed by atoms with Crippen LogP contribution in [0, 0.1) is 11.8 Å². The number of aromatic nitrogens is 25. The number of ether oxygens (including phenoxy) is 5. The standard InChI is InChI=1S/C17H19ClN6O.C16H18ClN5O2.C15H17ClN6O.C14H16ClN7O.C13H15ClN6OS/c18-16-22-14(20-9-11-5-7-19-8-6-11)13-15(23-16)24-17(21-13)25-10-12-3-1-2-4-12;17-15-20-13(18-8-11-6-3-7-23-11)12-14(21-15)22-16(19-12)24-9-10-4-1-2-5-10;1-3-8-23-15-21-13-11(22(15)2)12(19-14(16)20-13)18-9-10-4-6-17-7-5-10;1-3-6-23-14-21-12-10(22(14)2)11(19-13(15)20-12)17-7-9-4-5-16-8-18-9;1-3-5-21-13-19-11-9(20(13)2)10(17-12(14)18-11)16-7-8-15-4-6-22-8/h5-8,12H,1-4,9-10H2,(H2,20,21,22,23,24);3,6-7,10H,1-2,4-5,8-9H2,(H2,18,19,20,21,22);4-7H,3,8-9H2,1-2H3,(H,18,19,20);4-5,8H,3,6-7H2,1-2H3,(H,17,19,20);4,6H,3,5,7H2,1-2H3,(H,16,17,18). The molecule has 42 heteroatoms. The zero-order valence-electron chi connectivity index (χ0n) is 64.8. The number of aryl methyl sites for hydroxylation is 3. The normalized spacial score (nSPS) is 12.7. The highest BCUT2D eigenvalue weighted by molar-refractivity contribution is 7.09. The van der Waals surface area contributed by atoms with Gasteiger partial charge in [0.1, 0.15) is 44.7 Å². The van der Waals surface area contributed by atoms with E-state index in [0.29, 0.717) is 176 Å². The van der Waals surface area contributed by atoms with Crippen molar-refractivity contribution in [3.63, 3.8) is 0 Å². The Morgan fingerprint density at radius 1 is 0.427 bits per heavy atom. The van der Waals surface area contributed by atoms with Crippen molar-refractivity contribution in [2.24, 2.45) is 33.0 Å². The van der Waals surface area contributed by atoms with Gasteiger partial charge >= 0.3 is 0 Å². The van der Waals surface area contributed by atoms with E-state index in [2.05, 4.69) is 136 Å². The number of nitrogens with one attached hydrogen (secondary N) is 7. The van der Waals surface area contributed by atoms with Crippen LogP contribution in [0.3, 0.4) is 0 Å². The van der Waals surface area contributed by atoms with Gasteiger partial charge in [-0.3, -0.25) is 23.7 Å². The van der Waals surface area contributed by atoms with E-state index < -0.39 is 0 Å². The molecule has 15 heterocycles. The number of imidazole rings is 5. The lowest BCUT2D eigenvalue weighted by atomic mass is 10.1. The van der Waals surface area contributed by atoms with Crippen molar-refractivity contribution in [1.82, 2.24) is 123 Å². The molecule has 17 rings (SSSR count). The van der Waals surface area contributed by atoms with E-state index in [4.69, 9.17) is 86.1 Å². The van der Waals surface area contributed by atoms with Gasteiger partial charge in [0.05, 0.1) is 64.6 Å². The maximum absolute atomic E-state index is 6.03. The van der Waals surface area contributed by atoms with Gasteiger partial charge in [-0.05, 0) is 168 Å². The summed E-state index contributed by atoms with van der Waals surface area (Å²) < 4.78 is 39.3. The van der Waals surface area contributed by atoms with Crippen LogP contribution in [0.4, 0.5) is 29.1 Å². The molecule has 0 bridgehead atoms. The molecule has 0 aliphatic heterocycles. The number of halogens is 5. The zero-order chi connectivity index (χ0) is 81.4. The van der Waals surface area contributed by atoms with E-state index in [1.165, 1.54) is 57.7 Å². The van der Waals surface area contributed by atoms with Crippen LogP contribution in [0.5, 0.6) is 30.1 Å². The summed E-state index contributed by atoms with van der Waals surface area (Å²) in [5, 5.41) is 19.8. The Morgan fingerprint density at radius 3 is 1.23 bits per heavy atom. The summed E-state index contributed by atoms with van der Waals surface area (Å²) in [7, 11) is 5.59. The van der Waals surface area contributed by atoms with Crippen LogP contribution in [0.15, 0.2) is 102 Å². The Balaban J connectivity index is 0.000000127. The molecule has 0 aromatic carbocycles. The smallest absolute Gasteiger partial charge is 0.298 e. The third kappa shape index (κ3) is 22.8. The molecule has 117 heavy (non-hydrogen) atoms. The van der Waals surface area contributed by atoms with Gasteiger partial charge in [0.2, 0.25) is 26.4 Å². The van der Waals surface area contributed by atoms with Gasteiger partial charge in [-0.1, -0.05) is 46.5 Å². The Morgan fingerprint density at radius 2 is 0.829 bits per heavy atom. The molecule has 0 amide bonds. The molecule has 15 aromatic rings. The molecule has 2 saturated carbocycles. The fourth-order valence-corrected chi connectivity index (χ4v) is 13.8. The molecular formula is C75H85Cl5N30O6S. The van der Waals surface area contributed by atoms with Gasteiger partial charge in [-0.2, -0.15) is 74.8 Å². The summed E-state index contributed by atoms with van der Waals surface area (Å²) in [6.07, 6.45) is 26.4. The second kappa shape index (κ2) is 41.4. The van der Waals surface area contributed by atoms with Gasteiger partial charge in [0, 0.05) is 76.8 Å². The number of aromatic amines is 2. The largest absolute Gasteiger partial charge is 0.467 e. The number of H-pyrrole nitrogens is 2. The second-order valence-corrected chi connectivity index (χ2v) is 29.4. The number of pyridine rings is 2. The first-order valence-corrected chi connectivity index (χ1v) is 40.7. The van der Waals surface area contributed by atoms with E-state index in [-0.39, 0.29) is 26.4 Å². The third-order valence-corrected chi connectivity index (χ3v) is 19.8. The van der Waals surface area contributed by atoms with Crippen molar-refractivity contribution in [1.29, 1.82) is 0 Å². The van der Waals surface area contributed by atoms with Gasteiger partial charge in [0.25, 0.3) is 30.1 Å². The summed E-state index contributed by atoms with van der Waals surface area (Å²) in [4.78, 5) is 90.6. The number of thiazole rings is 1. The summed E-state index contributed by atoms with van der Waals surface area (Å²) in [5.41, 5.74) is 9.13. The second-order valence-electron chi connectivity index (χ2n) is 26.7. The molecule has 2 aliphatic rings. The monoisotopic (exact) mass is 1710 g/mol. The van der Waals surface area contributed by atoms with Crippen LogP contribution in [0.25, 0.3) is 55.8 Å². The number of rotatable bonds is 30. The SMILES string of the molecule is CCCOc1nc2nc(Cl)nc(NCc3ccncc3)c2n1C.CCCOc1nc2nc(Cl)nc(NCc3ccncn3)c2n1C.CCCOc1nc2nc(Cl)nc(NCc3nccs3)c2n1C.Clc1nc(NCc2ccco2)c2[nH]c(OCC3CCCC3)nc2n1.Clc1nc(NCc2ccncc2)c2[nH]c(OCC3CCCC3)nc2n1. The fraction of sp³-hybridized carbons (Fsp3) is 0.387. The number of anilines is 5. The summed E-state index contributed by atoms with van der Waals surface area (Å²) in [5.74, 6) is 5.04. The number of nitrogens with zero attached hydrogens (tertiary/aromatic N) is 23. The van der Waals surface area contributed by atoms with Crippen molar-refractivity contribution in [2.45, 2.75) is 124 Å². The van der Waals surface area contributed by atoms with Gasteiger partial charge in [0.15, 0.2) is 57.3 Å². The fourth-order valence-electron chi connectivity index (χ4n) is 12.4. The quantitative estimate of drug-likeness (QED) is 0.0206. The Kier molecular flexibility index (Phi) is 29.5. The van der Waals surface area contributed by atoms with Gasteiger partial charge in [-0.25, -0.2) is 15.0 Å². The molecule has 0 unspecified atom stereocenters. The average molecular weight is 1710 g/mol. The summed E-state index contributed by atoms with van der Waals surface area (Å²) in [6, 6.07) is 15.7. The van der Waals surface area contributed by atoms with Crippen LogP contribution in [-0.2, 0) is 53.9 Å². The molecule has 36 nitrogen and oxygen atoms in total. The highest BCUT2D eigenvalue weighted by Crippen LogP contribution is 2.33. The lowest BCUT2D eigenvalue weighted by molar-refractivity contribution is 0.237. The van der Waals surface area contributed by atoms with Crippen molar-refractivity contribution in [3.05, 3.63) is 152 Å². The molecular weight excluding hydrogens is 1630 g/mol. The van der Waals surface area contributed by atoms with E-state index in [1.54, 1.807) is 54.8 Å². The van der Waals surface area contributed by atoms with Crippen molar-refractivity contribution >= 4 is 154 Å². The predicted octanol–water partition coefficient (Wildman–Crippen LogP) is 15.3. The number of fused-ring (bicyclic) bond motifs is 5. The van der Waals surface area contributed by atoms with Crippen molar-refractivity contribution in [3.8, 4) is 30.1 Å². The molecule has 0 spiro atoms. The molecule has 612 valence electrons. The minimum absolute atomic E-state index is 0.128. The molecule has 0 radical (unpaired) electrons.